The van der Waals surface area contributed by atoms with Crippen LogP contribution in [-0.2, 0) is 9.84 Å². The highest BCUT2D eigenvalue weighted by Gasteiger charge is 2.31. The summed E-state index contributed by atoms with van der Waals surface area (Å²) in [5, 5.41) is 13.4. The van der Waals surface area contributed by atoms with Gasteiger partial charge in [-0.1, -0.05) is 0 Å². The van der Waals surface area contributed by atoms with E-state index in [-0.39, 0.29) is 29.6 Å². The average molecular weight is 325 g/mol. The fraction of sp³-hybridized carbons (Fsp3) is 0.615. The first-order valence-corrected chi connectivity index (χ1v) is 9.09. The Labute approximate surface area is 129 Å². The van der Waals surface area contributed by atoms with Gasteiger partial charge in [-0.25, -0.2) is 13.2 Å². The molecular formula is C13H19N5O3S. The number of sulfone groups is 1. The maximum atomic E-state index is 11.6. The molecule has 2 N–H and O–H groups in total. The summed E-state index contributed by atoms with van der Waals surface area (Å²) >= 11 is 0. The van der Waals surface area contributed by atoms with Gasteiger partial charge in [-0.3, -0.25) is 5.32 Å². The predicted octanol–water partition coefficient (Wildman–Crippen LogP) is 0.384. The SMILES string of the molecule is CN(c1ccc(NC(=O)NC2CC2)nn1)C1CCS(=O)(=O)C1. The van der Waals surface area contributed by atoms with Crippen LogP contribution in [0, 0.1) is 0 Å². The number of rotatable bonds is 4. The molecule has 1 aliphatic heterocycles. The zero-order chi connectivity index (χ0) is 15.7. The summed E-state index contributed by atoms with van der Waals surface area (Å²) in [6, 6.07) is 3.32. The first-order valence-electron chi connectivity index (χ1n) is 7.27. The molecule has 9 heteroatoms. The number of nitrogens with one attached hydrogen (secondary N) is 2. The smallest absolute Gasteiger partial charge is 0.320 e. The second-order valence-corrected chi connectivity index (χ2v) is 8.05. The van der Waals surface area contributed by atoms with E-state index in [0.717, 1.165) is 12.8 Å². The molecule has 0 aromatic carbocycles. The Morgan fingerprint density at radius 3 is 2.59 bits per heavy atom. The van der Waals surface area contributed by atoms with E-state index in [9.17, 15) is 13.2 Å². The van der Waals surface area contributed by atoms with Crippen molar-refractivity contribution in [3.8, 4) is 0 Å². The molecule has 22 heavy (non-hydrogen) atoms. The van der Waals surface area contributed by atoms with Gasteiger partial charge in [0.15, 0.2) is 21.5 Å². The Kier molecular flexibility index (Phi) is 3.90. The van der Waals surface area contributed by atoms with Crippen LogP contribution < -0.4 is 15.5 Å². The standard InChI is InChI=1S/C13H19N5O3S/c1-18(10-6-7-22(20,21)8-10)12-5-4-11(16-17-12)15-13(19)14-9-2-3-9/h4-5,9-10H,2-3,6-8H2,1H3,(H2,14,15,16,19). The normalized spacial score (nSPS) is 23.0. The van der Waals surface area contributed by atoms with Gasteiger partial charge in [-0.15, -0.1) is 10.2 Å². The second-order valence-electron chi connectivity index (χ2n) is 5.82. The van der Waals surface area contributed by atoms with Crippen molar-refractivity contribution >= 4 is 27.5 Å². The first kappa shape index (κ1) is 15.0. The summed E-state index contributed by atoms with van der Waals surface area (Å²) < 4.78 is 23.1. The third-order valence-electron chi connectivity index (χ3n) is 3.92. The number of urea groups is 1. The van der Waals surface area contributed by atoms with Gasteiger partial charge in [-0.05, 0) is 31.4 Å². The Morgan fingerprint density at radius 2 is 2.05 bits per heavy atom. The minimum atomic E-state index is -2.93. The maximum absolute atomic E-state index is 11.6. The zero-order valence-electron chi connectivity index (χ0n) is 12.3. The van der Waals surface area contributed by atoms with Crippen molar-refractivity contribution in [2.24, 2.45) is 0 Å². The number of aromatic nitrogens is 2. The lowest BCUT2D eigenvalue weighted by Gasteiger charge is -2.23. The van der Waals surface area contributed by atoms with Gasteiger partial charge in [-0.2, -0.15) is 0 Å². The van der Waals surface area contributed by atoms with E-state index in [1.807, 2.05) is 11.9 Å². The van der Waals surface area contributed by atoms with Crippen LogP contribution in [0.2, 0.25) is 0 Å². The van der Waals surface area contributed by atoms with Gasteiger partial charge in [0.2, 0.25) is 0 Å². The van der Waals surface area contributed by atoms with E-state index in [2.05, 4.69) is 20.8 Å². The van der Waals surface area contributed by atoms with Crippen molar-refractivity contribution in [1.82, 2.24) is 15.5 Å². The van der Waals surface area contributed by atoms with Crippen LogP contribution >= 0.6 is 0 Å². The molecule has 120 valence electrons. The van der Waals surface area contributed by atoms with Crippen molar-refractivity contribution in [1.29, 1.82) is 0 Å². The van der Waals surface area contributed by atoms with E-state index < -0.39 is 9.84 Å². The minimum Gasteiger partial charge on any atom is -0.354 e. The Bertz CT molecular complexity index is 657. The maximum Gasteiger partial charge on any atom is 0.320 e. The summed E-state index contributed by atoms with van der Waals surface area (Å²) in [5.41, 5.74) is 0. The molecule has 0 spiro atoms. The summed E-state index contributed by atoms with van der Waals surface area (Å²) in [7, 11) is -1.13. The van der Waals surface area contributed by atoms with E-state index in [1.54, 1.807) is 12.1 Å². The highest BCUT2D eigenvalue weighted by molar-refractivity contribution is 7.91. The quantitative estimate of drug-likeness (QED) is 0.829. The molecule has 2 amide bonds. The number of hydrogen-bond donors (Lipinski definition) is 2. The number of carbonyl (C=O) groups excluding carboxylic acids is 1. The number of nitrogens with zero attached hydrogens (tertiary/aromatic N) is 3. The highest BCUT2D eigenvalue weighted by Crippen LogP contribution is 2.21. The van der Waals surface area contributed by atoms with Crippen LogP contribution in [0.4, 0.5) is 16.4 Å². The van der Waals surface area contributed by atoms with Gasteiger partial charge in [0, 0.05) is 19.1 Å². The number of carbonyl (C=O) groups is 1. The monoisotopic (exact) mass is 325 g/mol. The fourth-order valence-electron chi connectivity index (χ4n) is 2.41. The fourth-order valence-corrected chi connectivity index (χ4v) is 4.19. The molecule has 1 aromatic rings. The van der Waals surface area contributed by atoms with Crippen molar-refractivity contribution < 1.29 is 13.2 Å². The average Bonchev–Trinajstić information content (AvgIpc) is 3.20. The molecule has 2 aliphatic rings. The van der Waals surface area contributed by atoms with Crippen LogP contribution in [0.1, 0.15) is 19.3 Å². The molecule has 1 atom stereocenters. The van der Waals surface area contributed by atoms with E-state index in [4.69, 9.17) is 0 Å². The molecule has 1 saturated heterocycles. The van der Waals surface area contributed by atoms with Crippen LogP contribution in [0.5, 0.6) is 0 Å². The van der Waals surface area contributed by atoms with Crippen molar-refractivity contribution in [3.63, 3.8) is 0 Å². The molecule has 1 aliphatic carbocycles. The number of anilines is 2. The molecule has 1 aromatic heterocycles. The zero-order valence-corrected chi connectivity index (χ0v) is 13.1. The van der Waals surface area contributed by atoms with Crippen molar-refractivity contribution in [2.75, 3.05) is 28.8 Å². The molecular weight excluding hydrogens is 306 g/mol. The van der Waals surface area contributed by atoms with Crippen molar-refractivity contribution in [2.45, 2.75) is 31.3 Å². The molecule has 1 saturated carbocycles. The summed E-state index contributed by atoms with van der Waals surface area (Å²) in [4.78, 5) is 13.4. The predicted molar refractivity (Wildman–Crippen MR) is 82.7 cm³/mol. The summed E-state index contributed by atoms with van der Waals surface area (Å²) in [6.07, 6.45) is 2.64. The lowest BCUT2D eigenvalue weighted by Crippen LogP contribution is -2.33. The Morgan fingerprint density at radius 1 is 1.27 bits per heavy atom. The molecule has 3 rings (SSSR count). The van der Waals surface area contributed by atoms with Gasteiger partial charge in [0.05, 0.1) is 11.5 Å². The van der Waals surface area contributed by atoms with Gasteiger partial charge in [0.1, 0.15) is 0 Å². The third kappa shape index (κ3) is 3.65. The lowest BCUT2D eigenvalue weighted by molar-refractivity contribution is 0.251. The molecule has 0 radical (unpaired) electrons. The Hall–Kier alpha value is -1.90. The largest absolute Gasteiger partial charge is 0.354 e. The van der Waals surface area contributed by atoms with Crippen LogP contribution in [0.3, 0.4) is 0 Å². The van der Waals surface area contributed by atoms with E-state index in [0.29, 0.717) is 18.1 Å². The molecule has 8 nitrogen and oxygen atoms in total. The van der Waals surface area contributed by atoms with Crippen LogP contribution in [-0.4, -0.2) is 55.3 Å². The van der Waals surface area contributed by atoms with Crippen LogP contribution in [0.25, 0.3) is 0 Å². The Balaban J connectivity index is 1.59. The molecule has 1 unspecified atom stereocenters. The minimum absolute atomic E-state index is 0.0729. The first-order chi connectivity index (χ1) is 10.4. The third-order valence-corrected chi connectivity index (χ3v) is 5.67. The molecule has 2 heterocycles. The topological polar surface area (TPSA) is 104 Å². The molecule has 0 bridgehead atoms. The second kappa shape index (κ2) is 5.71. The van der Waals surface area contributed by atoms with Gasteiger partial charge < -0.3 is 10.2 Å². The number of hydrogen-bond acceptors (Lipinski definition) is 6. The van der Waals surface area contributed by atoms with E-state index in [1.165, 1.54) is 0 Å². The van der Waals surface area contributed by atoms with Gasteiger partial charge >= 0.3 is 6.03 Å². The van der Waals surface area contributed by atoms with Crippen molar-refractivity contribution in [3.05, 3.63) is 12.1 Å². The van der Waals surface area contributed by atoms with Gasteiger partial charge in [0.25, 0.3) is 0 Å². The lowest BCUT2D eigenvalue weighted by atomic mass is 10.2. The van der Waals surface area contributed by atoms with Crippen LogP contribution in [0.15, 0.2) is 12.1 Å². The summed E-state index contributed by atoms with van der Waals surface area (Å²) in [6.45, 7) is 0. The number of amides is 2. The molecule has 2 fully saturated rings. The summed E-state index contributed by atoms with van der Waals surface area (Å²) in [5.74, 6) is 1.33. The highest BCUT2D eigenvalue weighted by atomic mass is 32.2. The van der Waals surface area contributed by atoms with E-state index >= 15 is 0 Å².